The largest absolute Gasteiger partial charge is 0.504 e. The number of ether oxygens (including phenoxy) is 2. The number of phenols is 1. The van der Waals surface area contributed by atoms with Gasteiger partial charge < -0.3 is 14.6 Å². The average molecular weight is 432 g/mol. The second-order valence-electron chi connectivity index (χ2n) is 5.36. The van der Waals surface area contributed by atoms with Crippen LogP contribution in [0.3, 0.4) is 0 Å². The summed E-state index contributed by atoms with van der Waals surface area (Å²) in [5.41, 5.74) is 3.24. The first-order valence-electron chi connectivity index (χ1n) is 7.88. The lowest BCUT2D eigenvalue weighted by Crippen LogP contribution is -2.24. The van der Waals surface area contributed by atoms with Crippen molar-refractivity contribution in [1.29, 1.82) is 0 Å². The Kier molecular flexibility index (Phi) is 7.59. The highest BCUT2D eigenvalue weighted by molar-refractivity contribution is 6.43. The van der Waals surface area contributed by atoms with Crippen molar-refractivity contribution in [2.45, 2.75) is 13.8 Å². The Labute approximate surface area is 171 Å². The zero-order valence-corrected chi connectivity index (χ0v) is 16.8. The molecule has 2 aromatic rings. The SMILES string of the molecule is CCOc1cc(Cl)c(Cl)c(C=NNC(=O)COc2ccc(Cl)c(C)c2)c1O. The molecule has 0 bridgehead atoms. The number of benzene rings is 2. The number of amides is 1. The number of carbonyl (C=O) groups excluding carboxylic acids is 1. The van der Waals surface area contributed by atoms with E-state index in [2.05, 4.69) is 10.5 Å². The molecule has 1 amide bonds. The number of hydrogen-bond acceptors (Lipinski definition) is 5. The van der Waals surface area contributed by atoms with Crippen LogP contribution >= 0.6 is 34.8 Å². The molecule has 0 atom stereocenters. The molecule has 2 rings (SSSR count). The first-order chi connectivity index (χ1) is 12.8. The summed E-state index contributed by atoms with van der Waals surface area (Å²) in [4.78, 5) is 11.8. The van der Waals surface area contributed by atoms with E-state index in [9.17, 15) is 9.90 Å². The van der Waals surface area contributed by atoms with Crippen molar-refractivity contribution in [1.82, 2.24) is 5.43 Å². The minimum atomic E-state index is -0.499. The van der Waals surface area contributed by atoms with Crippen LogP contribution in [-0.2, 0) is 4.79 Å². The third-order valence-electron chi connectivity index (χ3n) is 3.37. The van der Waals surface area contributed by atoms with Crippen LogP contribution in [0.5, 0.6) is 17.2 Å². The molecule has 2 aromatic carbocycles. The third kappa shape index (κ3) is 5.66. The molecule has 0 aliphatic carbocycles. The highest BCUT2D eigenvalue weighted by atomic mass is 35.5. The van der Waals surface area contributed by atoms with Crippen molar-refractivity contribution < 1.29 is 19.4 Å². The standard InChI is InChI=1S/C18H17Cl3N2O4/c1-3-26-15-7-14(20)17(21)12(18(15)25)8-22-23-16(24)9-27-11-4-5-13(19)10(2)6-11/h4-8,25H,3,9H2,1-2H3,(H,23,24). The smallest absolute Gasteiger partial charge is 0.277 e. The fraction of sp³-hybridized carbons (Fsp3) is 0.222. The lowest BCUT2D eigenvalue weighted by atomic mass is 10.2. The fourth-order valence-corrected chi connectivity index (χ4v) is 2.56. The highest BCUT2D eigenvalue weighted by Crippen LogP contribution is 2.39. The van der Waals surface area contributed by atoms with Gasteiger partial charge in [0.05, 0.1) is 28.4 Å². The topological polar surface area (TPSA) is 80.2 Å². The number of hydrazone groups is 1. The van der Waals surface area contributed by atoms with Gasteiger partial charge in [-0.1, -0.05) is 34.8 Å². The molecule has 0 saturated carbocycles. The summed E-state index contributed by atoms with van der Waals surface area (Å²) >= 11 is 18.0. The van der Waals surface area contributed by atoms with Gasteiger partial charge in [-0.05, 0) is 37.6 Å². The Morgan fingerprint density at radius 3 is 2.63 bits per heavy atom. The van der Waals surface area contributed by atoms with Gasteiger partial charge in [0.1, 0.15) is 5.75 Å². The van der Waals surface area contributed by atoms with E-state index >= 15 is 0 Å². The Morgan fingerprint density at radius 1 is 1.22 bits per heavy atom. The highest BCUT2D eigenvalue weighted by Gasteiger charge is 2.15. The number of carbonyl (C=O) groups is 1. The predicted molar refractivity (Wildman–Crippen MR) is 107 cm³/mol. The lowest BCUT2D eigenvalue weighted by Gasteiger charge is -2.11. The second kappa shape index (κ2) is 9.69. The molecule has 0 heterocycles. The number of aromatic hydroxyl groups is 1. The van der Waals surface area contributed by atoms with Crippen molar-refractivity contribution in [3.63, 3.8) is 0 Å². The van der Waals surface area contributed by atoms with Crippen molar-refractivity contribution in [3.8, 4) is 17.2 Å². The van der Waals surface area contributed by atoms with E-state index in [0.717, 1.165) is 5.56 Å². The third-order valence-corrected chi connectivity index (χ3v) is 4.60. The number of hydrogen-bond donors (Lipinski definition) is 2. The molecular weight excluding hydrogens is 415 g/mol. The minimum absolute atomic E-state index is 0.0866. The lowest BCUT2D eigenvalue weighted by molar-refractivity contribution is -0.123. The number of nitrogens with zero attached hydrogens (tertiary/aromatic N) is 1. The summed E-state index contributed by atoms with van der Waals surface area (Å²) in [6.07, 6.45) is 1.18. The van der Waals surface area contributed by atoms with Crippen LogP contribution in [0.1, 0.15) is 18.1 Å². The number of rotatable bonds is 7. The van der Waals surface area contributed by atoms with Crippen LogP contribution < -0.4 is 14.9 Å². The second-order valence-corrected chi connectivity index (χ2v) is 6.55. The normalized spacial score (nSPS) is 10.9. The molecule has 27 heavy (non-hydrogen) atoms. The molecule has 0 aromatic heterocycles. The molecule has 0 radical (unpaired) electrons. The summed E-state index contributed by atoms with van der Waals surface area (Å²) in [6, 6.07) is 6.46. The maximum Gasteiger partial charge on any atom is 0.277 e. The van der Waals surface area contributed by atoms with E-state index in [4.69, 9.17) is 44.3 Å². The number of aryl methyl sites for hydroxylation is 1. The number of phenolic OH excluding ortho intramolecular Hbond substituents is 1. The van der Waals surface area contributed by atoms with Gasteiger partial charge in [0.2, 0.25) is 0 Å². The Balaban J connectivity index is 2.00. The molecule has 9 heteroatoms. The maximum atomic E-state index is 11.8. The van der Waals surface area contributed by atoms with Crippen molar-refractivity contribution >= 4 is 46.9 Å². The molecule has 0 saturated heterocycles. The van der Waals surface area contributed by atoms with Crippen LogP contribution in [0.15, 0.2) is 29.4 Å². The van der Waals surface area contributed by atoms with E-state index < -0.39 is 5.91 Å². The van der Waals surface area contributed by atoms with E-state index in [1.165, 1.54) is 12.3 Å². The molecule has 0 fully saturated rings. The van der Waals surface area contributed by atoms with Crippen LogP contribution in [0, 0.1) is 6.92 Å². The quantitative estimate of drug-likeness (QED) is 0.496. The minimum Gasteiger partial charge on any atom is -0.504 e. The first-order valence-corrected chi connectivity index (χ1v) is 9.01. The van der Waals surface area contributed by atoms with E-state index in [1.54, 1.807) is 25.1 Å². The van der Waals surface area contributed by atoms with Crippen molar-refractivity contribution in [2.75, 3.05) is 13.2 Å². The first kappa shape index (κ1) is 21.2. The summed E-state index contributed by atoms with van der Waals surface area (Å²) < 4.78 is 10.6. The molecule has 0 unspecified atom stereocenters. The van der Waals surface area contributed by atoms with Gasteiger partial charge in [0.25, 0.3) is 5.91 Å². The summed E-state index contributed by atoms with van der Waals surface area (Å²) in [5.74, 6) is -0.0484. The summed E-state index contributed by atoms with van der Waals surface area (Å²) in [6.45, 7) is 3.67. The van der Waals surface area contributed by atoms with Gasteiger partial charge in [-0.2, -0.15) is 5.10 Å². The van der Waals surface area contributed by atoms with Gasteiger partial charge >= 0.3 is 0 Å². The summed E-state index contributed by atoms with van der Waals surface area (Å²) in [5, 5.41) is 14.8. The number of nitrogens with one attached hydrogen (secondary N) is 1. The number of halogens is 3. The van der Waals surface area contributed by atoms with Crippen LogP contribution in [0.4, 0.5) is 0 Å². The van der Waals surface area contributed by atoms with E-state index in [-0.39, 0.29) is 33.7 Å². The Bertz CT molecular complexity index is 872. The van der Waals surface area contributed by atoms with Crippen LogP contribution in [-0.4, -0.2) is 30.4 Å². The molecule has 2 N–H and O–H groups in total. The fourth-order valence-electron chi connectivity index (χ4n) is 2.05. The van der Waals surface area contributed by atoms with E-state index in [0.29, 0.717) is 17.4 Å². The van der Waals surface area contributed by atoms with Crippen LogP contribution in [0.2, 0.25) is 15.1 Å². The van der Waals surface area contributed by atoms with Gasteiger partial charge in [-0.25, -0.2) is 5.43 Å². The van der Waals surface area contributed by atoms with Gasteiger partial charge in [-0.15, -0.1) is 0 Å². The zero-order chi connectivity index (χ0) is 20.0. The van der Waals surface area contributed by atoms with Crippen LogP contribution in [0.25, 0.3) is 0 Å². The van der Waals surface area contributed by atoms with Gasteiger partial charge in [-0.3, -0.25) is 4.79 Å². The van der Waals surface area contributed by atoms with E-state index in [1.807, 2.05) is 6.92 Å². The molecule has 0 aliphatic heterocycles. The monoisotopic (exact) mass is 430 g/mol. The Hall–Kier alpha value is -2.15. The maximum absolute atomic E-state index is 11.8. The predicted octanol–water partition coefficient (Wildman–Crippen LogP) is 4.59. The van der Waals surface area contributed by atoms with Crippen molar-refractivity contribution in [2.24, 2.45) is 5.10 Å². The summed E-state index contributed by atoms with van der Waals surface area (Å²) in [7, 11) is 0. The molecule has 0 aliphatic rings. The zero-order valence-electron chi connectivity index (χ0n) is 14.6. The van der Waals surface area contributed by atoms with Gasteiger partial charge in [0, 0.05) is 11.1 Å². The van der Waals surface area contributed by atoms with Gasteiger partial charge in [0.15, 0.2) is 18.1 Å². The molecule has 6 nitrogen and oxygen atoms in total. The molecular formula is C18H17Cl3N2O4. The van der Waals surface area contributed by atoms with Crippen molar-refractivity contribution in [3.05, 3.63) is 50.5 Å². The average Bonchev–Trinajstić information content (AvgIpc) is 2.63. The molecule has 144 valence electrons. The Morgan fingerprint density at radius 2 is 1.96 bits per heavy atom. The molecule has 0 spiro atoms.